The molecule has 0 radical (unpaired) electrons. The van der Waals surface area contributed by atoms with Crippen molar-refractivity contribution < 1.29 is 0 Å². The first-order chi connectivity index (χ1) is 9.61. The second-order valence-electron chi connectivity index (χ2n) is 5.75. The molecule has 5 nitrogen and oxygen atoms in total. The average Bonchev–Trinajstić information content (AvgIpc) is 3.02. The molecule has 1 atom stereocenters. The maximum Gasteiger partial charge on any atom is 0.150 e. The van der Waals surface area contributed by atoms with E-state index >= 15 is 0 Å². The van der Waals surface area contributed by atoms with Crippen molar-refractivity contribution in [1.82, 2.24) is 19.7 Å². The van der Waals surface area contributed by atoms with E-state index in [4.69, 9.17) is 0 Å². The van der Waals surface area contributed by atoms with E-state index in [1.807, 2.05) is 38.0 Å². The Kier molecular flexibility index (Phi) is 3.42. The highest BCUT2D eigenvalue weighted by Gasteiger charge is 2.25. The summed E-state index contributed by atoms with van der Waals surface area (Å²) in [6.07, 6.45) is 8.23. The van der Waals surface area contributed by atoms with Crippen LogP contribution in [0, 0.1) is 19.8 Å². The van der Waals surface area contributed by atoms with Crippen LogP contribution < -0.4 is 4.90 Å². The average molecular weight is 271 g/mol. The van der Waals surface area contributed by atoms with Crippen LogP contribution in [-0.2, 0) is 13.5 Å². The molecule has 0 saturated carbocycles. The molecule has 106 valence electrons. The van der Waals surface area contributed by atoms with Crippen molar-refractivity contribution in [3.8, 4) is 0 Å². The number of nitrogens with zero attached hydrogens (tertiary/aromatic N) is 5. The Morgan fingerprint density at radius 2 is 2.15 bits per heavy atom. The molecule has 0 bridgehead atoms. The topological polar surface area (TPSA) is 46.8 Å². The molecule has 3 heterocycles. The van der Waals surface area contributed by atoms with Gasteiger partial charge in [0, 0.05) is 32.5 Å². The fraction of sp³-hybridized carbons (Fsp3) is 0.533. The molecule has 0 aromatic carbocycles. The number of aryl methyl sites for hydroxylation is 3. The maximum absolute atomic E-state index is 4.65. The lowest BCUT2D eigenvalue weighted by atomic mass is 10.0. The van der Waals surface area contributed by atoms with Crippen LogP contribution in [0.15, 0.2) is 18.6 Å². The lowest BCUT2D eigenvalue weighted by Gasteiger charge is -2.19. The Hall–Kier alpha value is -1.91. The molecule has 0 amide bonds. The van der Waals surface area contributed by atoms with Crippen molar-refractivity contribution in [3.63, 3.8) is 0 Å². The standard InChI is InChI=1S/C15H21N5/c1-11-7-16-12(2)15(18-11)20-5-4-13(10-20)6-14-8-17-19(3)9-14/h7-9,13H,4-6,10H2,1-3H3/t13-/m1/s1. The summed E-state index contributed by atoms with van der Waals surface area (Å²) >= 11 is 0. The van der Waals surface area contributed by atoms with E-state index in [1.54, 1.807) is 0 Å². The molecule has 1 aliphatic rings. The Balaban J connectivity index is 1.68. The van der Waals surface area contributed by atoms with E-state index in [2.05, 4.69) is 26.2 Å². The van der Waals surface area contributed by atoms with Crippen molar-refractivity contribution in [3.05, 3.63) is 35.5 Å². The molecule has 0 spiro atoms. The first kappa shape index (κ1) is 13.1. The predicted octanol–water partition coefficient (Wildman–Crippen LogP) is 1.90. The molecule has 0 unspecified atom stereocenters. The van der Waals surface area contributed by atoms with Gasteiger partial charge in [0.2, 0.25) is 0 Å². The van der Waals surface area contributed by atoms with E-state index in [-0.39, 0.29) is 0 Å². The van der Waals surface area contributed by atoms with Crippen LogP contribution in [0.5, 0.6) is 0 Å². The van der Waals surface area contributed by atoms with Gasteiger partial charge in [-0.25, -0.2) is 4.98 Å². The lowest BCUT2D eigenvalue weighted by molar-refractivity contribution is 0.585. The fourth-order valence-electron chi connectivity index (χ4n) is 2.93. The molecular formula is C15H21N5. The highest BCUT2D eigenvalue weighted by atomic mass is 15.2. The first-order valence-corrected chi connectivity index (χ1v) is 7.14. The van der Waals surface area contributed by atoms with E-state index < -0.39 is 0 Å². The van der Waals surface area contributed by atoms with Crippen molar-refractivity contribution >= 4 is 5.82 Å². The molecular weight excluding hydrogens is 250 g/mol. The van der Waals surface area contributed by atoms with E-state index in [9.17, 15) is 0 Å². The minimum absolute atomic E-state index is 0.681. The zero-order valence-electron chi connectivity index (χ0n) is 12.4. The molecule has 3 rings (SSSR count). The fourth-order valence-corrected chi connectivity index (χ4v) is 2.93. The van der Waals surface area contributed by atoms with Crippen LogP contribution in [0.2, 0.25) is 0 Å². The van der Waals surface area contributed by atoms with Gasteiger partial charge in [0.05, 0.1) is 17.6 Å². The zero-order chi connectivity index (χ0) is 14.1. The Bertz CT molecular complexity index is 604. The third kappa shape index (κ3) is 2.66. The van der Waals surface area contributed by atoms with Gasteiger partial charge in [0.1, 0.15) is 5.82 Å². The molecule has 1 saturated heterocycles. The SMILES string of the molecule is Cc1cnc(C)c(N2CC[C@H](Cc3cnn(C)c3)C2)n1. The Labute approximate surface area is 119 Å². The van der Waals surface area contributed by atoms with Gasteiger partial charge in [-0.2, -0.15) is 5.10 Å². The minimum atomic E-state index is 0.681. The molecule has 20 heavy (non-hydrogen) atoms. The van der Waals surface area contributed by atoms with Gasteiger partial charge >= 0.3 is 0 Å². The van der Waals surface area contributed by atoms with Gasteiger partial charge in [-0.15, -0.1) is 0 Å². The van der Waals surface area contributed by atoms with Crippen LogP contribution in [0.1, 0.15) is 23.4 Å². The number of hydrogen-bond donors (Lipinski definition) is 0. The van der Waals surface area contributed by atoms with Gasteiger partial charge in [-0.05, 0) is 38.2 Å². The van der Waals surface area contributed by atoms with Crippen molar-refractivity contribution in [2.24, 2.45) is 13.0 Å². The maximum atomic E-state index is 4.65. The predicted molar refractivity (Wildman–Crippen MR) is 78.7 cm³/mol. The number of hydrogen-bond acceptors (Lipinski definition) is 4. The summed E-state index contributed by atoms with van der Waals surface area (Å²) in [5, 5.41) is 4.24. The molecule has 2 aromatic heterocycles. The van der Waals surface area contributed by atoms with Crippen LogP contribution in [0.3, 0.4) is 0 Å². The third-order valence-corrected chi connectivity index (χ3v) is 3.92. The van der Waals surface area contributed by atoms with Crippen LogP contribution in [0.25, 0.3) is 0 Å². The van der Waals surface area contributed by atoms with E-state index in [0.29, 0.717) is 5.92 Å². The van der Waals surface area contributed by atoms with Crippen LogP contribution in [-0.4, -0.2) is 32.8 Å². The molecule has 1 fully saturated rings. The highest BCUT2D eigenvalue weighted by molar-refractivity contribution is 5.44. The quantitative estimate of drug-likeness (QED) is 0.855. The van der Waals surface area contributed by atoms with Crippen molar-refractivity contribution in [2.45, 2.75) is 26.7 Å². The van der Waals surface area contributed by atoms with E-state index in [0.717, 1.165) is 36.7 Å². The second kappa shape index (κ2) is 5.23. The van der Waals surface area contributed by atoms with Crippen molar-refractivity contribution in [2.75, 3.05) is 18.0 Å². The molecule has 0 aliphatic carbocycles. The zero-order valence-corrected chi connectivity index (χ0v) is 12.4. The summed E-state index contributed by atoms with van der Waals surface area (Å²) in [7, 11) is 1.97. The molecule has 1 aliphatic heterocycles. The second-order valence-corrected chi connectivity index (χ2v) is 5.75. The largest absolute Gasteiger partial charge is 0.355 e. The van der Waals surface area contributed by atoms with Gasteiger partial charge in [-0.1, -0.05) is 0 Å². The monoisotopic (exact) mass is 271 g/mol. The molecule has 0 N–H and O–H groups in total. The Morgan fingerprint density at radius 3 is 2.90 bits per heavy atom. The number of anilines is 1. The normalized spacial score (nSPS) is 18.8. The van der Waals surface area contributed by atoms with Gasteiger partial charge in [0.25, 0.3) is 0 Å². The highest BCUT2D eigenvalue weighted by Crippen LogP contribution is 2.26. The Morgan fingerprint density at radius 1 is 1.30 bits per heavy atom. The summed E-state index contributed by atoms with van der Waals surface area (Å²) in [5.41, 5.74) is 3.34. The van der Waals surface area contributed by atoms with Gasteiger partial charge in [0.15, 0.2) is 0 Å². The summed E-state index contributed by atoms with van der Waals surface area (Å²) in [6.45, 7) is 6.17. The van der Waals surface area contributed by atoms with Gasteiger partial charge in [-0.3, -0.25) is 9.67 Å². The summed E-state index contributed by atoms with van der Waals surface area (Å²) in [4.78, 5) is 11.4. The molecule has 5 heteroatoms. The van der Waals surface area contributed by atoms with E-state index in [1.165, 1.54) is 12.0 Å². The minimum Gasteiger partial charge on any atom is -0.355 e. The van der Waals surface area contributed by atoms with Crippen LogP contribution in [0.4, 0.5) is 5.82 Å². The number of rotatable bonds is 3. The smallest absolute Gasteiger partial charge is 0.150 e. The summed E-state index contributed by atoms with van der Waals surface area (Å²) in [5.74, 6) is 1.74. The summed E-state index contributed by atoms with van der Waals surface area (Å²) < 4.78 is 1.87. The molecule has 2 aromatic rings. The number of aromatic nitrogens is 4. The van der Waals surface area contributed by atoms with Crippen molar-refractivity contribution in [1.29, 1.82) is 0 Å². The first-order valence-electron chi connectivity index (χ1n) is 7.14. The lowest BCUT2D eigenvalue weighted by Crippen LogP contribution is -2.23. The third-order valence-electron chi connectivity index (χ3n) is 3.92. The summed E-state index contributed by atoms with van der Waals surface area (Å²) in [6, 6.07) is 0. The van der Waals surface area contributed by atoms with Crippen LogP contribution >= 0.6 is 0 Å². The van der Waals surface area contributed by atoms with Gasteiger partial charge < -0.3 is 4.90 Å².